The van der Waals surface area contributed by atoms with Crippen molar-refractivity contribution in [2.24, 2.45) is 0 Å². The molecule has 1 heterocycles. The van der Waals surface area contributed by atoms with Gasteiger partial charge in [-0.15, -0.1) is 11.6 Å². The molecular weight excluding hydrogens is 224 g/mol. The molecule has 0 aromatic heterocycles. The molecule has 3 heteroatoms. The molecule has 1 saturated heterocycles. The van der Waals surface area contributed by atoms with Crippen LogP contribution < -0.4 is 4.74 Å². The summed E-state index contributed by atoms with van der Waals surface area (Å²) >= 11 is 6.20. The fourth-order valence-electron chi connectivity index (χ4n) is 2.14. The van der Waals surface area contributed by atoms with Crippen LogP contribution in [0.2, 0.25) is 0 Å². The Morgan fingerprint density at radius 1 is 1.38 bits per heavy atom. The van der Waals surface area contributed by atoms with Crippen LogP contribution in [0.15, 0.2) is 24.3 Å². The third kappa shape index (κ3) is 2.33. The zero-order valence-electron chi connectivity index (χ0n) is 9.70. The van der Waals surface area contributed by atoms with Crippen molar-refractivity contribution in [3.8, 4) is 5.75 Å². The Kier molecular flexibility index (Phi) is 3.41. The SMILES string of the molecule is COc1ccc(C2(C)CC(Cl)CCO2)cc1. The van der Waals surface area contributed by atoms with Gasteiger partial charge in [-0.2, -0.15) is 0 Å². The molecule has 2 nitrogen and oxygen atoms in total. The highest BCUT2D eigenvalue weighted by Crippen LogP contribution is 2.37. The largest absolute Gasteiger partial charge is 0.497 e. The van der Waals surface area contributed by atoms with Gasteiger partial charge in [-0.05, 0) is 37.5 Å². The van der Waals surface area contributed by atoms with E-state index in [9.17, 15) is 0 Å². The molecule has 1 aliphatic heterocycles. The molecule has 0 amide bonds. The predicted octanol–water partition coefficient (Wildman–Crippen LogP) is 3.33. The van der Waals surface area contributed by atoms with Gasteiger partial charge in [0.15, 0.2) is 0 Å². The Bertz CT molecular complexity index is 349. The van der Waals surface area contributed by atoms with Crippen molar-refractivity contribution < 1.29 is 9.47 Å². The van der Waals surface area contributed by atoms with E-state index in [2.05, 4.69) is 6.92 Å². The van der Waals surface area contributed by atoms with Gasteiger partial charge in [0.1, 0.15) is 5.75 Å². The van der Waals surface area contributed by atoms with E-state index in [4.69, 9.17) is 21.1 Å². The van der Waals surface area contributed by atoms with Crippen LogP contribution in [0.4, 0.5) is 0 Å². The summed E-state index contributed by atoms with van der Waals surface area (Å²) in [5, 5.41) is 0.209. The molecule has 0 aliphatic carbocycles. The lowest BCUT2D eigenvalue weighted by Gasteiger charge is -2.36. The molecule has 0 saturated carbocycles. The second-order valence-corrected chi connectivity index (χ2v) is 5.02. The fourth-order valence-corrected chi connectivity index (χ4v) is 2.52. The summed E-state index contributed by atoms with van der Waals surface area (Å²) in [6.07, 6.45) is 1.80. The van der Waals surface area contributed by atoms with Gasteiger partial charge in [0.25, 0.3) is 0 Å². The van der Waals surface area contributed by atoms with E-state index < -0.39 is 0 Å². The number of hydrogen-bond acceptors (Lipinski definition) is 2. The zero-order chi connectivity index (χ0) is 11.6. The molecule has 0 radical (unpaired) electrons. The lowest BCUT2D eigenvalue weighted by Crippen LogP contribution is -2.35. The van der Waals surface area contributed by atoms with Crippen LogP contribution in [-0.2, 0) is 10.3 Å². The standard InChI is InChI=1S/C13H17ClO2/c1-13(9-11(14)7-8-16-13)10-3-5-12(15-2)6-4-10/h3-6,11H,7-9H2,1-2H3. The molecule has 1 fully saturated rings. The highest BCUT2D eigenvalue weighted by molar-refractivity contribution is 6.20. The minimum Gasteiger partial charge on any atom is -0.497 e. The van der Waals surface area contributed by atoms with Crippen LogP contribution in [0.25, 0.3) is 0 Å². The minimum absolute atomic E-state index is 0.209. The molecule has 2 unspecified atom stereocenters. The van der Waals surface area contributed by atoms with Crippen molar-refractivity contribution >= 4 is 11.6 Å². The Hall–Kier alpha value is -0.730. The van der Waals surface area contributed by atoms with Crippen molar-refractivity contribution in [3.05, 3.63) is 29.8 Å². The van der Waals surface area contributed by atoms with Crippen LogP contribution in [0, 0.1) is 0 Å². The van der Waals surface area contributed by atoms with E-state index in [0.29, 0.717) is 0 Å². The maximum atomic E-state index is 6.20. The molecule has 1 aromatic rings. The summed E-state index contributed by atoms with van der Waals surface area (Å²) in [7, 11) is 1.67. The highest BCUT2D eigenvalue weighted by Gasteiger charge is 2.33. The van der Waals surface area contributed by atoms with Gasteiger partial charge in [-0.1, -0.05) is 12.1 Å². The monoisotopic (exact) mass is 240 g/mol. The van der Waals surface area contributed by atoms with E-state index in [1.54, 1.807) is 7.11 Å². The summed E-state index contributed by atoms with van der Waals surface area (Å²) in [6, 6.07) is 8.02. The first kappa shape index (κ1) is 11.7. The zero-order valence-corrected chi connectivity index (χ0v) is 10.5. The number of rotatable bonds is 2. The second kappa shape index (κ2) is 4.64. The first-order valence-electron chi connectivity index (χ1n) is 5.56. The van der Waals surface area contributed by atoms with Crippen molar-refractivity contribution in [2.75, 3.05) is 13.7 Å². The van der Waals surface area contributed by atoms with Gasteiger partial charge < -0.3 is 9.47 Å². The van der Waals surface area contributed by atoms with E-state index in [0.717, 1.165) is 25.2 Å². The molecular formula is C13H17ClO2. The highest BCUT2D eigenvalue weighted by atomic mass is 35.5. The molecule has 16 heavy (non-hydrogen) atoms. The average Bonchev–Trinajstić information content (AvgIpc) is 2.29. The van der Waals surface area contributed by atoms with Gasteiger partial charge in [0.2, 0.25) is 0 Å². The van der Waals surface area contributed by atoms with Crippen molar-refractivity contribution in [1.29, 1.82) is 0 Å². The van der Waals surface area contributed by atoms with E-state index in [-0.39, 0.29) is 11.0 Å². The Balaban J connectivity index is 2.20. The molecule has 0 bridgehead atoms. The third-order valence-corrected chi connectivity index (χ3v) is 3.54. The molecule has 1 aliphatic rings. The normalized spacial score (nSPS) is 30.1. The maximum absolute atomic E-state index is 6.20. The number of ether oxygens (including phenoxy) is 2. The Morgan fingerprint density at radius 3 is 2.62 bits per heavy atom. The van der Waals surface area contributed by atoms with Gasteiger partial charge in [0.05, 0.1) is 12.7 Å². The van der Waals surface area contributed by atoms with Crippen molar-refractivity contribution in [3.63, 3.8) is 0 Å². The Labute approximate surface area is 102 Å². The van der Waals surface area contributed by atoms with E-state index in [1.807, 2.05) is 24.3 Å². The summed E-state index contributed by atoms with van der Waals surface area (Å²) in [5.74, 6) is 0.866. The maximum Gasteiger partial charge on any atom is 0.118 e. The van der Waals surface area contributed by atoms with E-state index in [1.165, 1.54) is 5.56 Å². The fraction of sp³-hybridized carbons (Fsp3) is 0.538. The molecule has 2 rings (SSSR count). The number of methoxy groups -OCH3 is 1. The smallest absolute Gasteiger partial charge is 0.118 e. The lowest BCUT2D eigenvalue weighted by molar-refractivity contribution is -0.0684. The van der Waals surface area contributed by atoms with Gasteiger partial charge >= 0.3 is 0 Å². The summed E-state index contributed by atoms with van der Waals surface area (Å²) < 4.78 is 11.0. The Morgan fingerprint density at radius 2 is 2.06 bits per heavy atom. The van der Waals surface area contributed by atoms with Crippen LogP contribution in [0.5, 0.6) is 5.75 Å². The summed E-state index contributed by atoms with van der Waals surface area (Å²) in [5.41, 5.74) is 0.912. The van der Waals surface area contributed by atoms with Crippen LogP contribution >= 0.6 is 11.6 Å². The van der Waals surface area contributed by atoms with Gasteiger partial charge in [-0.25, -0.2) is 0 Å². The second-order valence-electron chi connectivity index (χ2n) is 4.40. The molecule has 2 atom stereocenters. The molecule has 88 valence electrons. The average molecular weight is 241 g/mol. The lowest BCUT2D eigenvalue weighted by atomic mass is 9.88. The van der Waals surface area contributed by atoms with Gasteiger partial charge in [-0.3, -0.25) is 0 Å². The summed E-state index contributed by atoms with van der Waals surface area (Å²) in [6.45, 7) is 2.83. The van der Waals surface area contributed by atoms with Gasteiger partial charge in [0, 0.05) is 12.0 Å². The molecule has 1 aromatic carbocycles. The number of alkyl halides is 1. The van der Waals surface area contributed by atoms with Crippen molar-refractivity contribution in [1.82, 2.24) is 0 Å². The predicted molar refractivity (Wildman–Crippen MR) is 65.2 cm³/mol. The van der Waals surface area contributed by atoms with Crippen LogP contribution in [-0.4, -0.2) is 19.1 Å². The molecule has 0 spiro atoms. The van der Waals surface area contributed by atoms with E-state index >= 15 is 0 Å². The summed E-state index contributed by atoms with van der Waals surface area (Å²) in [4.78, 5) is 0. The number of halogens is 1. The number of hydrogen-bond donors (Lipinski definition) is 0. The number of benzene rings is 1. The third-order valence-electron chi connectivity index (χ3n) is 3.16. The topological polar surface area (TPSA) is 18.5 Å². The van der Waals surface area contributed by atoms with Crippen LogP contribution in [0.1, 0.15) is 25.3 Å². The quantitative estimate of drug-likeness (QED) is 0.739. The first-order valence-corrected chi connectivity index (χ1v) is 6.00. The van der Waals surface area contributed by atoms with Crippen LogP contribution in [0.3, 0.4) is 0 Å². The minimum atomic E-state index is -0.253. The first-order chi connectivity index (χ1) is 7.64. The van der Waals surface area contributed by atoms with Crippen molar-refractivity contribution in [2.45, 2.75) is 30.7 Å². The molecule has 0 N–H and O–H groups in total.